The van der Waals surface area contributed by atoms with Gasteiger partial charge in [0.25, 0.3) is 11.8 Å². The van der Waals surface area contributed by atoms with Gasteiger partial charge in [0.1, 0.15) is 46.8 Å². The van der Waals surface area contributed by atoms with Crippen LogP contribution in [-0.2, 0) is 69.9 Å². The molecule has 3 fully saturated rings. The Bertz CT molecular complexity index is 3040. The number of imide groups is 1. The van der Waals surface area contributed by atoms with E-state index < -0.39 is 143 Å². The summed E-state index contributed by atoms with van der Waals surface area (Å²) in [5.74, 6) is -5.10. The molecule has 3 saturated heterocycles. The summed E-state index contributed by atoms with van der Waals surface area (Å²) >= 11 is 6.79. The van der Waals surface area contributed by atoms with Gasteiger partial charge in [0.05, 0.1) is 42.7 Å². The highest BCUT2D eigenvalue weighted by Gasteiger charge is 2.64. The van der Waals surface area contributed by atoms with Crippen LogP contribution in [0.4, 0.5) is 44.6 Å². The number of carbonyl (C=O) groups is 9. The lowest BCUT2D eigenvalue weighted by Gasteiger charge is -2.42. The minimum absolute atomic E-state index is 0.0363. The van der Waals surface area contributed by atoms with Gasteiger partial charge in [0.15, 0.2) is 5.72 Å². The van der Waals surface area contributed by atoms with Crippen LogP contribution in [0.2, 0.25) is 5.02 Å². The highest BCUT2D eigenvalue weighted by Crippen LogP contribution is 2.49. The molecular formula is C58H75ClF3N9O17. The van der Waals surface area contributed by atoms with E-state index in [0.717, 1.165) is 17.7 Å². The number of methoxy groups -OCH3 is 3. The molecule has 4 bridgehead atoms. The molecule has 9 amide bonds. The molecule has 26 nitrogen and oxygen atoms in total. The number of anilines is 3. The number of allylic oxidation sites excluding steroid dienone is 4. The Morgan fingerprint density at radius 2 is 1.67 bits per heavy atom. The maximum atomic E-state index is 15.1. The van der Waals surface area contributed by atoms with E-state index in [9.17, 15) is 48.3 Å². The lowest BCUT2D eigenvalue weighted by molar-refractivity contribution is -0.197. The molecule has 0 spiro atoms. The van der Waals surface area contributed by atoms with Crippen molar-refractivity contribution in [1.82, 2.24) is 26.3 Å². The molecule has 1 unspecified atom stereocenters. The fourth-order valence-electron chi connectivity index (χ4n) is 10.4. The molecule has 4 aliphatic rings. The highest BCUT2D eigenvalue weighted by atomic mass is 35.5. The predicted octanol–water partition coefficient (Wildman–Crippen LogP) is 5.94. The van der Waals surface area contributed by atoms with Crippen molar-refractivity contribution in [3.8, 4) is 5.75 Å². The monoisotopic (exact) mass is 1260 g/mol. The van der Waals surface area contributed by atoms with E-state index in [1.807, 2.05) is 6.92 Å². The maximum Gasteiger partial charge on any atom is 0.418 e. The predicted molar refractivity (Wildman–Crippen MR) is 310 cm³/mol. The number of alkyl halides is 3. The summed E-state index contributed by atoms with van der Waals surface area (Å²) < 4.78 is 79.6. The average Bonchev–Trinajstić information content (AvgIpc) is 3.45. The average molecular weight is 1260 g/mol. The van der Waals surface area contributed by atoms with Crippen LogP contribution in [0.25, 0.3) is 0 Å². The zero-order valence-electron chi connectivity index (χ0n) is 49.9. The fourth-order valence-corrected chi connectivity index (χ4v) is 10.7. The molecule has 30 heteroatoms. The first-order valence-corrected chi connectivity index (χ1v) is 28.5. The number of alkyl carbamates (subject to hydrolysis) is 1. The Labute approximate surface area is 510 Å². The Balaban J connectivity index is 1.21. The smallest absolute Gasteiger partial charge is 0.418 e. The largest absolute Gasteiger partial charge is 0.495 e. The number of ether oxygens (including phenoxy) is 6. The number of amides is 9. The second-order valence-electron chi connectivity index (χ2n) is 22.0. The van der Waals surface area contributed by atoms with Gasteiger partial charge in [-0.3, -0.25) is 34.6 Å². The maximum absolute atomic E-state index is 15.1. The van der Waals surface area contributed by atoms with Crippen LogP contribution in [0, 0.1) is 5.92 Å². The molecule has 88 heavy (non-hydrogen) atoms. The number of nitrogens with one attached hydrogen (secondary N) is 6. The van der Waals surface area contributed by atoms with E-state index in [1.165, 1.54) is 47.1 Å². The number of benzene rings is 2. The summed E-state index contributed by atoms with van der Waals surface area (Å²) in [5.41, 5.74) is 0.868. The van der Waals surface area contributed by atoms with Crippen LogP contribution < -0.4 is 47.3 Å². The molecule has 2 aromatic carbocycles. The first kappa shape index (κ1) is 69.1. The Hall–Kier alpha value is -7.99. The number of hydrogen-bond acceptors (Lipinski definition) is 18. The van der Waals surface area contributed by atoms with Crippen molar-refractivity contribution in [2.45, 2.75) is 158 Å². The Morgan fingerprint density at radius 3 is 2.32 bits per heavy atom. The molecule has 0 saturated carbocycles. The summed E-state index contributed by atoms with van der Waals surface area (Å²) in [5, 5.41) is 27.2. The van der Waals surface area contributed by atoms with Gasteiger partial charge in [0, 0.05) is 70.8 Å². The van der Waals surface area contributed by atoms with Crippen molar-refractivity contribution in [1.29, 1.82) is 0 Å². The first-order valence-electron chi connectivity index (χ1n) is 28.2. The van der Waals surface area contributed by atoms with Crippen LogP contribution in [0.1, 0.15) is 103 Å². The normalized spacial score (nSPS) is 25.0. The van der Waals surface area contributed by atoms with Gasteiger partial charge < -0.3 is 70.3 Å². The third-order valence-corrected chi connectivity index (χ3v) is 15.8. The van der Waals surface area contributed by atoms with Gasteiger partial charge >= 0.3 is 30.4 Å². The van der Waals surface area contributed by atoms with E-state index in [1.54, 1.807) is 37.3 Å². The number of fused-ring (bicyclic) bond motifs is 5. The van der Waals surface area contributed by atoms with Gasteiger partial charge in [-0.25, -0.2) is 19.2 Å². The number of nitrogens with zero attached hydrogens (tertiary/aromatic N) is 2. The summed E-state index contributed by atoms with van der Waals surface area (Å²) in [6, 6.07) is 2.19. The quantitative estimate of drug-likeness (QED) is 0.0384. The van der Waals surface area contributed by atoms with Gasteiger partial charge in [-0.15, -0.1) is 5.06 Å². The number of nitrogens with two attached hydrogens (primary N) is 1. The number of hydrogen-bond donors (Lipinski definition) is 8. The Morgan fingerprint density at radius 1 is 0.977 bits per heavy atom. The van der Waals surface area contributed by atoms with E-state index in [-0.39, 0.29) is 74.4 Å². The second-order valence-corrected chi connectivity index (χ2v) is 22.4. The summed E-state index contributed by atoms with van der Waals surface area (Å²) in [6.45, 7) is 10.4. The third-order valence-electron chi connectivity index (χ3n) is 15.4. The molecule has 482 valence electrons. The molecule has 9 N–H and O–H groups in total. The highest BCUT2D eigenvalue weighted by molar-refractivity contribution is 6.35. The summed E-state index contributed by atoms with van der Waals surface area (Å²) in [4.78, 5) is 123. The van der Waals surface area contributed by atoms with Crippen molar-refractivity contribution in [2.75, 3.05) is 50.5 Å². The van der Waals surface area contributed by atoms with E-state index in [4.69, 9.17) is 50.6 Å². The molecule has 6 rings (SSSR count). The zero-order chi connectivity index (χ0) is 65.0. The molecule has 2 aromatic rings. The van der Waals surface area contributed by atoms with Crippen molar-refractivity contribution in [3.05, 3.63) is 82.6 Å². The van der Waals surface area contributed by atoms with Crippen molar-refractivity contribution in [2.24, 2.45) is 11.7 Å². The topological polar surface area (TPSA) is 346 Å². The number of halogens is 4. The zero-order valence-corrected chi connectivity index (χ0v) is 50.6. The SMILES string of the molecule is C=C(CCCCC(=O)ON1C(=O)CCC1=O)N[C@H](C(=O)N[C@@H](CCCNC(N)=O)C(=O)Nc1ccc(NC(=O)O[C@H]2CC(=O)N(C)c3cc(cc(OC)c3Cl)C/C(C)=C/C=C/[C@@H](OC)[C@@]3(O)C[C@H](OC(=O)N3)[C@@H](C)[C@@H]3O[C@@]23C)c(C(F)(F)F)c1)C(C)OC. The summed E-state index contributed by atoms with van der Waals surface area (Å²) in [7, 11) is 5.47. The second kappa shape index (κ2) is 29.8. The van der Waals surface area contributed by atoms with E-state index in [0.29, 0.717) is 35.2 Å². The van der Waals surface area contributed by atoms with E-state index >= 15 is 13.2 Å². The van der Waals surface area contributed by atoms with E-state index in [2.05, 4.69) is 38.5 Å². The van der Waals surface area contributed by atoms with Crippen molar-refractivity contribution >= 4 is 82.4 Å². The number of epoxide rings is 1. The van der Waals surface area contributed by atoms with Crippen LogP contribution in [0.5, 0.6) is 5.75 Å². The van der Waals surface area contributed by atoms with Crippen LogP contribution in [-0.4, -0.2) is 153 Å². The molecule has 10 atom stereocenters. The van der Waals surface area contributed by atoms with Crippen LogP contribution >= 0.6 is 11.6 Å². The van der Waals surface area contributed by atoms with Crippen LogP contribution in [0.3, 0.4) is 0 Å². The van der Waals surface area contributed by atoms with Gasteiger partial charge in [-0.2, -0.15) is 13.2 Å². The number of unbranched alkanes of at least 4 members (excludes halogenated alkanes) is 1. The lowest BCUT2D eigenvalue weighted by atomic mass is 9.83. The molecule has 4 aliphatic heterocycles. The number of primary amides is 1. The van der Waals surface area contributed by atoms with Gasteiger partial charge in [-0.1, -0.05) is 48.9 Å². The number of hydroxylamine groups is 2. The van der Waals surface area contributed by atoms with Crippen molar-refractivity contribution in [3.63, 3.8) is 0 Å². The lowest BCUT2D eigenvalue weighted by Crippen LogP contribution is -2.63. The fraction of sp³-hybridized carbons (Fsp3) is 0.534. The minimum atomic E-state index is -5.20. The molecule has 0 radical (unpaired) electrons. The molecular weight excluding hydrogens is 1190 g/mol. The van der Waals surface area contributed by atoms with Crippen LogP contribution in [0.15, 0.2) is 66.4 Å². The van der Waals surface area contributed by atoms with Crippen molar-refractivity contribution < 1.29 is 94.7 Å². The molecule has 4 heterocycles. The number of carbonyl (C=O) groups excluding carboxylic acids is 9. The third kappa shape index (κ3) is 17.8. The molecule has 0 aliphatic carbocycles. The number of urea groups is 1. The first-order chi connectivity index (χ1) is 41.4. The number of rotatable bonds is 22. The molecule has 0 aromatic heterocycles. The Kier molecular flexibility index (Phi) is 23.4. The van der Waals surface area contributed by atoms with Gasteiger partial charge in [-0.05, 0) is 95.2 Å². The minimum Gasteiger partial charge on any atom is -0.495 e. The number of aliphatic hydroxyl groups is 1. The summed E-state index contributed by atoms with van der Waals surface area (Å²) in [6.07, 6.45) is -8.41. The standard InChI is InChI=1S/C58H75ClF3N9O17/c1-30-14-12-17-42(84-9)57(81)29-41(85-55(80)69-57)32(3)50-56(5,87-50)43(28-46(74)70(6)39-25-34(24-30)26-40(83-8)48(39)59)86-54(79)68-37-20-19-35(27-36(37)58(60,61)62)66-51(76)38(16-13-23-64-53(63)78)67-52(77)49(33(4)82-7)65-31(2)15-10-11-18-47(75)88-71-44(72)21-22-45(71)73/h12,14,17,19-20,25-27,32-33,38,41-43,49-50,65,81H,2,10-11,13,15-16,18,21-24,28-29H2,1,3-9H3,(H,66,76)(H,67,77)(H,68,79)(H,69,80)(H3,63,64,78)/b17-12+,30-14+/t32-,33?,38+,41+,42-,43+,49+,50+,56+,57+/m1/s1. The van der Waals surface area contributed by atoms with Gasteiger partial charge in [0.2, 0.25) is 17.7 Å².